The van der Waals surface area contributed by atoms with E-state index in [-0.39, 0.29) is 6.10 Å². The first-order chi connectivity index (χ1) is 9.79. The molecule has 2 nitrogen and oxygen atoms in total. The topological polar surface area (TPSA) is 23.5 Å². The van der Waals surface area contributed by atoms with Gasteiger partial charge in [-0.1, -0.05) is 31.9 Å². The molecule has 2 aliphatic rings. The summed E-state index contributed by atoms with van der Waals surface area (Å²) in [7, 11) is 0. The number of aliphatic hydroxyl groups excluding tert-OH is 1. The molecule has 1 saturated heterocycles. The summed E-state index contributed by atoms with van der Waals surface area (Å²) < 4.78 is 0. The van der Waals surface area contributed by atoms with Crippen molar-refractivity contribution in [3.05, 3.63) is 29.8 Å². The standard InChI is InChI=1S/C18H27NO/c1-2-18(20)15-9-11-16(12-10-15)19-13-5-7-14-6-3-4-8-17(14)19/h9-12,14,17-18,20H,2-8,13H2,1H3/t14-,17-,18+/m1/s1. The highest BCUT2D eigenvalue weighted by atomic mass is 16.3. The molecule has 1 heterocycles. The maximum atomic E-state index is 9.90. The van der Waals surface area contributed by atoms with E-state index >= 15 is 0 Å². The first-order valence-corrected chi connectivity index (χ1v) is 8.34. The highest BCUT2D eigenvalue weighted by molar-refractivity contribution is 5.49. The van der Waals surface area contributed by atoms with Gasteiger partial charge in [0.15, 0.2) is 0 Å². The molecule has 1 aliphatic heterocycles. The second-order valence-corrected chi connectivity index (χ2v) is 6.46. The van der Waals surface area contributed by atoms with Gasteiger partial charge in [0.1, 0.15) is 0 Å². The zero-order chi connectivity index (χ0) is 13.9. The normalized spacial score (nSPS) is 28.0. The molecule has 0 aromatic heterocycles. The summed E-state index contributed by atoms with van der Waals surface area (Å²) in [5.74, 6) is 0.915. The number of fused-ring (bicyclic) bond motifs is 1. The molecule has 2 fully saturated rings. The van der Waals surface area contributed by atoms with Gasteiger partial charge in [0, 0.05) is 18.3 Å². The molecule has 0 amide bonds. The van der Waals surface area contributed by atoms with E-state index in [0.29, 0.717) is 0 Å². The van der Waals surface area contributed by atoms with Gasteiger partial charge in [-0.15, -0.1) is 0 Å². The van der Waals surface area contributed by atoms with Crippen LogP contribution in [-0.4, -0.2) is 17.7 Å². The molecule has 3 rings (SSSR count). The molecular weight excluding hydrogens is 246 g/mol. The molecule has 20 heavy (non-hydrogen) atoms. The summed E-state index contributed by atoms with van der Waals surface area (Å²) in [5.41, 5.74) is 2.40. The summed E-state index contributed by atoms with van der Waals surface area (Å²) in [5, 5.41) is 9.90. The van der Waals surface area contributed by atoms with Crippen molar-refractivity contribution in [1.82, 2.24) is 0 Å². The Bertz CT molecular complexity index is 426. The second kappa shape index (κ2) is 6.17. The number of aliphatic hydroxyl groups is 1. The Morgan fingerprint density at radius 3 is 2.55 bits per heavy atom. The molecule has 0 spiro atoms. The van der Waals surface area contributed by atoms with Crippen LogP contribution in [0.5, 0.6) is 0 Å². The minimum absolute atomic E-state index is 0.312. The maximum absolute atomic E-state index is 9.90. The quantitative estimate of drug-likeness (QED) is 0.888. The lowest BCUT2D eigenvalue weighted by Gasteiger charge is -2.45. The Balaban J connectivity index is 1.77. The fraction of sp³-hybridized carbons (Fsp3) is 0.667. The van der Waals surface area contributed by atoms with Crippen molar-refractivity contribution >= 4 is 5.69 Å². The summed E-state index contributed by atoms with van der Waals surface area (Å²) >= 11 is 0. The van der Waals surface area contributed by atoms with E-state index in [9.17, 15) is 5.11 Å². The van der Waals surface area contributed by atoms with Crippen molar-refractivity contribution in [2.45, 2.75) is 64.0 Å². The third kappa shape index (κ3) is 2.71. The molecule has 0 radical (unpaired) electrons. The highest BCUT2D eigenvalue weighted by Gasteiger charge is 2.33. The fourth-order valence-electron chi connectivity index (χ4n) is 4.07. The van der Waals surface area contributed by atoms with Gasteiger partial charge in [-0.2, -0.15) is 0 Å². The Kier molecular flexibility index (Phi) is 4.30. The van der Waals surface area contributed by atoms with Gasteiger partial charge < -0.3 is 10.0 Å². The molecule has 1 aliphatic carbocycles. The van der Waals surface area contributed by atoms with E-state index < -0.39 is 0 Å². The van der Waals surface area contributed by atoms with Crippen LogP contribution in [0.4, 0.5) is 5.69 Å². The molecule has 1 aromatic carbocycles. The third-order valence-electron chi connectivity index (χ3n) is 5.24. The smallest absolute Gasteiger partial charge is 0.0787 e. The van der Waals surface area contributed by atoms with E-state index in [1.807, 2.05) is 6.92 Å². The van der Waals surface area contributed by atoms with Crippen molar-refractivity contribution < 1.29 is 5.11 Å². The summed E-state index contributed by atoms with van der Waals surface area (Å²) in [6.07, 6.45) is 8.84. The van der Waals surface area contributed by atoms with Crippen molar-refractivity contribution in [2.75, 3.05) is 11.4 Å². The van der Waals surface area contributed by atoms with Crippen LogP contribution in [0.15, 0.2) is 24.3 Å². The number of rotatable bonds is 3. The second-order valence-electron chi connectivity index (χ2n) is 6.46. The van der Waals surface area contributed by atoms with Crippen LogP contribution in [-0.2, 0) is 0 Å². The maximum Gasteiger partial charge on any atom is 0.0787 e. The minimum Gasteiger partial charge on any atom is -0.388 e. The van der Waals surface area contributed by atoms with E-state index in [0.717, 1.165) is 23.9 Å². The molecule has 110 valence electrons. The number of hydrogen-bond donors (Lipinski definition) is 1. The van der Waals surface area contributed by atoms with E-state index in [4.69, 9.17) is 0 Å². The number of anilines is 1. The van der Waals surface area contributed by atoms with Crippen LogP contribution >= 0.6 is 0 Å². The van der Waals surface area contributed by atoms with Crippen LogP contribution in [0.25, 0.3) is 0 Å². The summed E-state index contributed by atoms with van der Waals surface area (Å²) in [6.45, 7) is 3.23. The zero-order valence-corrected chi connectivity index (χ0v) is 12.6. The average Bonchev–Trinajstić information content (AvgIpc) is 2.54. The Morgan fingerprint density at radius 2 is 1.80 bits per heavy atom. The molecule has 1 N–H and O–H groups in total. The number of benzene rings is 1. The zero-order valence-electron chi connectivity index (χ0n) is 12.6. The SMILES string of the molecule is CC[C@H](O)c1ccc(N2CCC[C@H]3CCCC[C@H]32)cc1. The first-order valence-electron chi connectivity index (χ1n) is 8.34. The van der Waals surface area contributed by atoms with E-state index in [2.05, 4.69) is 29.2 Å². The molecule has 3 atom stereocenters. The van der Waals surface area contributed by atoms with Crippen molar-refractivity contribution in [1.29, 1.82) is 0 Å². The van der Waals surface area contributed by atoms with Gasteiger partial charge in [-0.05, 0) is 55.7 Å². The number of hydrogen-bond acceptors (Lipinski definition) is 2. The Morgan fingerprint density at radius 1 is 1.10 bits per heavy atom. The largest absolute Gasteiger partial charge is 0.388 e. The van der Waals surface area contributed by atoms with Gasteiger partial charge in [0.2, 0.25) is 0 Å². The fourth-order valence-corrected chi connectivity index (χ4v) is 4.07. The monoisotopic (exact) mass is 273 g/mol. The van der Waals surface area contributed by atoms with Crippen molar-refractivity contribution in [3.8, 4) is 0 Å². The highest BCUT2D eigenvalue weighted by Crippen LogP contribution is 2.37. The van der Waals surface area contributed by atoms with Gasteiger partial charge in [-0.25, -0.2) is 0 Å². The lowest BCUT2D eigenvalue weighted by Crippen LogP contribution is -2.46. The molecule has 0 bridgehead atoms. The van der Waals surface area contributed by atoms with E-state index in [1.54, 1.807) is 0 Å². The van der Waals surface area contributed by atoms with Gasteiger partial charge >= 0.3 is 0 Å². The van der Waals surface area contributed by atoms with Crippen LogP contribution in [0, 0.1) is 5.92 Å². The van der Waals surface area contributed by atoms with Gasteiger partial charge in [0.25, 0.3) is 0 Å². The first kappa shape index (κ1) is 13.9. The van der Waals surface area contributed by atoms with E-state index in [1.165, 1.54) is 50.8 Å². The minimum atomic E-state index is -0.312. The molecule has 0 unspecified atom stereocenters. The molecule has 2 heteroatoms. The van der Waals surface area contributed by atoms with Crippen LogP contribution in [0.1, 0.15) is 63.5 Å². The van der Waals surface area contributed by atoms with Gasteiger partial charge in [-0.3, -0.25) is 0 Å². The van der Waals surface area contributed by atoms with Crippen LogP contribution < -0.4 is 4.90 Å². The summed E-state index contributed by atoms with van der Waals surface area (Å²) in [4.78, 5) is 2.63. The molecule has 1 saturated carbocycles. The predicted molar refractivity (Wildman–Crippen MR) is 84.0 cm³/mol. The van der Waals surface area contributed by atoms with Crippen molar-refractivity contribution in [3.63, 3.8) is 0 Å². The molecular formula is C18H27NO. The lowest BCUT2D eigenvalue weighted by atomic mass is 9.78. The Hall–Kier alpha value is -1.02. The van der Waals surface area contributed by atoms with Gasteiger partial charge in [0.05, 0.1) is 6.10 Å². The van der Waals surface area contributed by atoms with Crippen LogP contribution in [0.3, 0.4) is 0 Å². The number of piperidine rings is 1. The third-order valence-corrected chi connectivity index (χ3v) is 5.24. The summed E-state index contributed by atoms with van der Waals surface area (Å²) in [6, 6.07) is 9.40. The van der Waals surface area contributed by atoms with Crippen molar-refractivity contribution in [2.24, 2.45) is 5.92 Å². The Labute approximate surface area is 122 Å². The van der Waals surface area contributed by atoms with Crippen LogP contribution in [0.2, 0.25) is 0 Å². The lowest BCUT2D eigenvalue weighted by molar-refractivity contribution is 0.173. The molecule has 1 aromatic rings. The average molecular weight is 273 g/mol. The predicted octanol–water partition coefficient (Wildman–Crippen LogP) is 4.29. The number of nitrogens with zero attached hydrogens (tertiary/aromatic N) is 1.